The van der Waals surface area contributed by atoms with Gasteiger partial charge in [-0.15, -0.1) is 6.58 Å². The normalized spacial score (nSPS) is 22.4. The summed E-state index contributed by atoms with van der Waals surface area (Å²) in [5.74, 6) is -0.601. The molecular formula is C32H36O9S. The summed E-state index contributed by atoms with van der Waals surface area (Å²) in [5, 5.41) is 0. The van der Waals surface area contributed by atoms with Gasteiger partial charge in [-0.2, -0.15) is 8.42 Å². The second-order valence-corrected chi connectivity index (χ2v) is 11.4. The van der Waals surface area contributed by atoms with Crippen LogP contribution in [0, 0.1) is 6.92 Å². The van der Waals surface area contributed by atoms with Crippen molar-refractivity contribution in [2.45, 2.75) is 62.7 Å². The van der Waals surface area contributed by atoms with Crippen LogP contribution in [0.15, 0.2) is 102 Å². The number of esters is 1. The molecule has 0 bridgehead atoms. The van der Waals surface area contributed by atoms with Crippen LogP contribution in [0.5, 0.6) is 0 Å². The second kappa shape index (κ2) is 15.2. The summed E-state index contributed by atoms with van der Waals surface area (Å²) >= 11 is 0. The smallest absolute Gasteiger partial charge is 0.303 e. The summed E-state index contributed by atoms with van der Waals surface area (Å²) in [6.45, 7) is 6.85. The number of hydrogen-bond acceptors (Lipinski definition) is 9. The molecule has 5 unspecified atom stereocenters. The monoisotopic (exact) mass is 596 g/mol. The molecule has 1 aliphatic heterocycles. The third-order valence-electron chi connectivity index (χ3n) is 6.54. The molecule has 3 aromatic carbocycles. The van der Waals surface area contributed by atoms with E-state index < -0.39 is 53.4 Å². The van der Waals surface area contributed by atoms with Crippen molar-refractivity contribution in [1.29, 1.82) is 0 Å². The van der Waals surface area contributed by atoms with Crippen LogP contribution in [0.25, 0.3) is 0 Å². The molecule has 4 rings (SSSR count). The summed E-state index contributed by atoms with van der Waals surface area (Å²) in [5.41, 5.74) is 2.69. The molecule has 1 heterocycles. The van der Waals surface area contributed by atoms with Crippen molar-refractivity contribution >= 4 is 16.1 Å². The molecular weight excluding hydrogens is 560 g/mol. The van der Waals surface area contributed by atoms with Crippen LogP contribution >= 0.6 is 0 Å². The fourth-order valence-corrected chi connectivity index (χ4v) is 5.39. The van der Waals surface area contributed by atoms with Crippen molar-refractivity contribution in [1.82, 2.24) is 0 Å². The van der Waals surface area contributed by atoms with Crippen LogP contribution in [0.3, 0.4) is 0 Å². The van der Waals surface area contributed by atoms with Gasteiger partial charge < -0.3 is 23.7 Å². The van der Waals surface area contributed by atoms with Gasteiger partial charge in [0, 0.05) is 6.92 Å². The first-order chi connectivity index (χ1) is 20.3. The van der Waals surface area contributed by atoms with Gasteiger partial charge in [0.15, 0.2) is 12.4 Å². The molecule has 9 nitrogen and oxygen atoms in total. The minimum absolute atomic E-state index is 0.00616. The summed E-state index contributed by atoms with van der Waals surface area (Å²) in [4.78, 5) is 12.3. The Morgan fingerprint density at radius 1 is 0.833 bits per heavy atom. The molecule has 1 aliphatic rings. The Morgan fingerprint density at radius 3 is 1.95 bits per heavy atom. The Morgan fingerprint density at radius 2 is 1.40 bits per heavy atom. The van der Waals surface area contributed by atoms with Crippen LogP contribution in [0.2, 0.25) is 0 Å². The molecule has 0 saturated carbocycles. The number of benzene rings is 3. The summed E-state index contributed by atoms with van der Waals surface area (Å²) in [6, 6.07) is 25.3. The number of ether oxygens (including phenoxy) is 5. The minimum atomic E-state index is -4.14. The van der Waals surface area contributed by atoms with Crippen molar-refractivity contribution in [2.75, 3.05) is 13.2 Å². The molecule has 0 N–H and O–H groups in total. The Bertz CT molecular complexity index is 1380. The van der Waals surface area contributed by atoms with Gasteiger partial charge >= 0.3 is 5.97 Å². The number of rotatable bonds is 14. The van der Waals surface area contributed by atoms with E-state index in [2.05, 4.69) is 6.58 Å². The van der Waals surface area contributed by atoms with Gasteiger partial charge in [-0.05, 0) is 30.2 Å². The number of aryl methyl sites for hydroxylation is 1. The largest absolute Gasteiger partial charge is 0.457 e. The predicted octanol–water partition coefficient (Wildman–Crippen LogP) is 4.73. The molecule has 5 atom stereocenters. The lowest BCUT2D eigenvalue weighted by molar-refractivity contribution is -0.318. The lowest BCUT2D eigenvalue weighted by atomic mass is 9.98. The van der Waals surface area contributed by atoms with Crippen LogP contribution < -0.4 is 0 Å². The van der Waals surface area contributed by atoms with E-state index in [1.165, 1.54) is 19.1 Å². The van der Waals surface area contributed by atoms with Crippen LogP contribution in [0.4, 0.5) is 0 Å². The Kier molecular flexibility index (Phi) is 11.4. The highest BCUT2D eigenvalue weighted by molar-refractivity contribution is 7.86. The maximum absolute atomic E-state index is 13.0. The minimum Gasteiger partial charge on any atom is -0.457 e. The molecule has 0 spiro atoms. The summed E-state index contributed by atoms with van der Waals surface area (Å²) < 4.78 is 61.9. The van der Waals surface area contributed by atoms with Crippen LogP contribution in [-0.2, 0) is 56.0 Å². The van der Waals surface area contributed by atoms with Crippen LogP contribution in [-0.4, -0.2) is 58.3 Å². The number of carbonyl (C=O) groups excluding carboxylic acids is 1. The zero-order valence-corrected chi connectivity index (χ0v) is 24.5. The molecule has 0 radical (unpaired) electrons. The summed E-state index contributed by atoms with van der Waals surface area (Å²) in [6.07, 6.45) is -3.37. The van der Waals surface area contributed by atoms with Gasteiger partial charge in [-0.25, -0.2) is 0 Å². The molecule has 0 aromatic heterocycles. The molecule has 10 heteroatoms. The van der Waals surface area contributed by atoms with E-state index in [-0.39, 0.29) is 24.7 Å². The fourth-order valence-electron chi connectivity index (χ4n) is 4.47. The van der Waals surface area contributed by atoms with Crippen LogP contribution in [0.1, 0.15) is 23.6 Å². The first kappa shape index (κ1) is 31.6. The van der Waals surface area contributed by atoms with Gasteiger partial charge in [0.25, 0.3) is 10.1 Å². The van der Waals surface area contributed by atoms with E-state index in [0.29, 0.717) is 0 Å². The molecule has 1 fully saturated rings. The zero-order valence-electron chi connectivity index (χ0n) is 23.7. The third-order valence-corrected chi connectivity index (χ3v) is 7.84. The highest BCUT2D eigenvalue weighted by atomic mass is 32.2. The molecule has 42 heavy (non-hydrogen) atoms. The highest BCUT2D eigenvalue weighted by Gasteiger charge is 2.50. The van der Waals surface area contributed by atoms with Gasteiger partial charge in [0.05, 0.1) is 31.3 Å². The standard InChI is InChI=1S/C32H36O9S/c1-4-19-36-32-31(38-21-26-13-9-6-10-14-26)30(37-20-25-11-7-5-8-12-25)29(40-24(3)33)28(41-32)22-39-42(34,35)27-17-15-23(2)16-18-27/h4-18,28-32H,1,19-22H2,2-3H3. The number of hydrogen-bond donors (Lipinski definition) is 0. The lowest BCUT2D eigenvalue weighted by Crippen LogP contribution is -2.62. The predicted molar refractivity (Wildman–Crippen MR) is 155 cm³/mol. The van der Waals surface area contributed by atoms with Crippen molar-refractivity contribution in [3.05, 3.63) is 114 Å². The lowest BCUT2D eigenvalue weighted by Gasteiger charge is -2.45. The van der Waals surface area contributed by atoms with Gasteiger partial charge in [0.1, 0.15) is 18.3 Å². The molecule has 0 amide bonds. The Hall–Kier alpha value is -3.38. The molecule has 1 saturated heterocycles. The molecule has 0 aliphatic carbocycles. The maximum Gasteiger partial charge on any atom is 0.303 e. The van der Waals surface area contributed by atoms with E-state index >= 15 is 0 Å². The van der Waals surface area contributed by atoms with Crippen molar-refractivity contribution < 1.29 is 41.1 Å². The zero-order chi connectivity index (χ0) is 30.0. The number of carbonyl (C=O) groups is 1. The first-order valence-electron chi connectivity index (χ1n) is 13.6. The SMILES string of the molecule is C=CCOC1OC(COS(=O)(=O)c2ccc(C)cc2)C(OC(C)=O)C(OCc2ccccc2)C1OCc1ccccc1. The fraction of sp³-hybridized carbons (Fsp3) is 0.344. The van der Waals surface area contributed by atoms with E-state index in [1.807, 2.05) is 67.6 Å². The van der Waals surface area contributed by atoms with Gasteiger partial charge in [0.2, 0.25) is 0 Å². The quantitative estimate of drug-likeness (QED) is 0.148. The molecule has 3 aromatic rings. The third kappa shape index (κ3) is 8.81. The maximum atomic E-state index is 13.0. The van der Waals surface area contributed by atoms with E-state index in [1.54, 1.807) is 18.2 Å². The second-order valence-electron chi connectivity index (χ2n) is 9.81. The summed E-state index contributed by atoms with van der Waals surface area (Å²) in [7, 11) is -4.14. The topological polar surface area (TPSA) is 107 Å². The van der Waals surface area contributed by atoms with Crippen molar-refractivity contribution in [3.63, 3.8) is 0 Å². The molecule has 224 valence electrons. The van der Waals surface area contributed by atoms with Crippen molar-refractivity contribution in [3.8, 4) is 0 Å². The average Bonchev–Trinajstić information content (AvgIpc) is 2.99. The van der Waals surface area contributed by atoms with E-state index in [0.717, 1.165) is 16.7 Å². The van der Waals surface area contributed by atoms with Gasteiger partial charge in [-0.1, -0.05) is 84.4 Å². The van der Waals surface area contributed by atoms with E-state index in [9.17, 15) is 13.2 Å². The Balaban J connectivity index is 1.63. The van der Waals surface area contributed by atoms with E-state index in [4.69, 9.17) is 27.9 Å². The Labute approximate surface area is 247 Å². The average molecular weight is 597 g/mol. The van der Waals surface area contributed by atoms with Gasteiger partial charge in [-0.3, -0.25) is 8.98 Å². The van der Waals surface area contributed by atoms with Crippen molar-refractivity contribution in [2.24, 2.45) is 0 Å². The first-order valence-corrected chi connectivity index (χ1v) is 15.0. The highest BCUT2D eigenvalue weighted by Crippen LogP contribution is 2.31.